The summed E-state index contributed by atoms with van der Waals surface area (Å²) >= 11 is 5.89. The lowest BCUT2D eigenvalue weighted by Crippen LogP contribution is -2.34. The Balaban J connectivity index is 1.51. The molecule has 144 valence electrons. The molecule has 1 atom stereocenters. The topological polar surface area (TPSA) is 80.5 Å². The maximum Gasteiger partial charge on any atom is 0.322 e. The van der Waals surface area contributed by atoms with Gasteiger partial charge in [0.2, 0.25) is 11.7 Å². The summed E-state index contributed by atoms with van der Waals surface area (Å²) in [6.45, 7) is 0.626. The number of carbonyl (C=O) groups excluding carboxylic acids is 1. The second-order valence-corrected chi connectivity index (χ2v) is 6.91. The van der Waals surface area contributed by atoms with Crippen molar-refractivity contribution < 1.29 is 14.1 Å². The predicted octanol–water partition coefficient (Wildman–Crippen LogP) is 4.77. The number of halogens is 1. The summed E-state index contributed by atoms with van der Waals surface area (Å²) in [5, 5.41) is 7.58. The molecule has 1 saturated heterocycles. The summed E-state index contributed by atoms with van der Waals surface area (Å²) in [4.78, 5) is 19.0. The predicted molar refractivity (Wildman–Crippen MR) is 105 cm³/mol. The van der Waals surface area contributed by atoms with Crippen LogP contribution in [0.1, 0.15) is 24.8 Å². The largest absolute Gasteiger partial charge is 0.497 e. The fourth-order valence-electron chi connectivity index (χ4n) is 3.24. The normalized spacial score (nSPS) is 16.2. The Hall–Kier alpha value is -3.06. The van der Waals surface area contributed by atoms with Crippen LogP contribution in [0.3, 0.4) is 0 Å². The number of nitrogens with zero attached hydrogens (tertiary/aromatic N) is 3. The van der Waals surface area contributed by atoms with Gasteiger partial charge in [-0.3, -0.25) is 0 Å². The molecular formula is C20H19ClN4O3. The molecule has 0 bridgehead atoms. The van der Waals surface area contributed by atoms with Crippen molar-refractivity contribution >= 4 is 23.3 Å². The second-order valence-electron chi connectivity index (χ2n) is 6.48. The number of hydrogen-bond acceptors (Lipinski definition) is 5. The summed E-state index contributed by atoms with van der Waals surface area (Å²) < 4.78 is 10.7. The highest BCUT2D eigenvalue weighted by Gasteiger charge is 2.34. The molecule has 0 aliphatic carbocycles. The minimum Gasteiger partial charge on any atom is -0.497 e. The van der Waals surface area contributed by atoms with Crippen molar-refractivity contribution in [3.05, 3.63) is 59.4 Å². The molecule has 28 heavy (non-hydrogen) atoms. The highest BCUT2D eigenvalue weighted by molar-refractivity contribution is 6.30. The summed E-state index contributed by atoms with van der Waals surface area (Å²) in [7, 11) is 1.61. The van der Waals surface area contributed by atoms with Gasteiger partial charge in [0.05, 0.1) is 7.11 Å². The van der Waals surface area contributed by atoms with Crippen molar-refractivity contribution in [2.24, 2.45) is 0 Å². The quantitative estimate of drug-likeness (QED) is 0.684. The maximum absolute atomic E-state index is 12.7. The average Bonchev–Trinajstić information content (AvgIpc) is 3.39. The van der Waals surface area contributed by atoms with Gasteiger partial charge in [0.15, 0.2) is 0 Å². The lowest BCUT2D eigenvalue weighted by molar-refractivity contribution is 0.193. The van der Waals surface area contributed by atoms with Gasteiger partial charge in [-0.05, 0) is 49.2 Å². The van der Waals surface area contributed by atoms with Crippen LogP contribution < -0.4 is 10.1 Å². The number of likely N-dealkylation sites (tertiary alicyclic amines) is 1. The SMILES string of the molecule is COc1cccc(-c2noc([C@H]3CCCN3C(=O)Nc3ccc(Cl)cc3)n2)c1. The molecule has 1 aliphatic heterocycles. The van der Waals surface area contributed by atoms with Gasteiger partial charge in [-0.25, -0.2) is 4.79 Å². The molecule has 0 spiro atoms. The summed E-state index contributed by atoms with van der Waals surface area (Å²) in [6, 6.07) is 14.0. The molecule has 1 aliphatic rings. The lowest BCUT2D eigenvalue weighted by atomic mass is 10.2. The smallest absolute Gasteiger partial charge is 0.322 e. The van der Waals surface area contributed by atoms with Gasteiger partial charge in [0, 0.05) is 22.8 Å². The van der Waals surface area contributed by atoms with Crippen molar-refractivity contribution in [1.29, 1.82) is 0 Å². The highest BCUT2D eigenvalue weighted by atomic mass is 35.5. The van der Waals surface area contributed by atoms with Crippen molar-refractivity contribution in [2.45, 2.75) is 18.9 Å². The van der Waals surface area contributed by atoms with E-state index in [0.717, 1.165) is 18.4 Å². The Morgan fingerprint density at radius 3 is 2.89 bits per heavy atom. The fraction of sp³-hybridized carbons (Fsp3) is 0.250. The van der Waals surface area contributed by atoms with Crippen LogP contribution >= 0.6 is 11.6 Å². The van der Waals surface area contributed by atoms with Crippen LogP contribution in [0.5, 0.6) is 5.75 Å². The van der Waals surface area contributed by atoms with E-state index in [1.54, 1.807) is 36.3 Å². The van der Waals surface area contributed by atoms with E-state index in [2.05, 4.69) is 15.5 Å². The first-order chi connectivity index (χ1) is 13.6. The van der Waals surface area contributed by atoms with Crippen molar-refractivity contribution in [2.75, 3.05) is 19.0 Å². The zero-order chi connectivity index (χ0) is 19.5. The Labute approximate surface area is 167 Å². The zero-order valence-electron chi connectivity index (χ0n) is 15.3. The van der Waals surface area contributed by atoms with Crippen LogP contribution in [-0.2, 0) is 0 Å². The van der Waals surface area contributed by atoms with Crippen LogP contribution in [0.4, 0.5) is 10.5 Å². The number of carbonyl (C=O) groups is 1. The molecule has 1 aromatic heterocycles. The molecule has 1 N–H and O–H groups in total. The molecule has 8 heteroatoms. The van der Waals surface area contributed by atoms with E-state index in [-0.39, 0.29) is 12.1 Å². The molecule has 2 heterocycles. The van der Waals surface area contributed by atoms with Crippen LogP contribution in [0.25, 0.3) is 11.4 Å². The number of benzene rings is 2. The second kappa shape index (κ2) is 7.90. The summed E-state index contributed by atoms with van der Waals surface area (Å²) in [6.07, 6.45) is 1.64. The molecule has 0 radical (unpaired) electrons. The number of urea groups is 1. The fourth-order valence-corrected chi connectivity index (χ4v) is 3.37. The lowest BCUT2D eigenvalue weighted by Gasteiger charge is -2.22. The first-order valence-corrected chi connectivity index (χ1v) is 9.33. The number of anilines is 1. The standard InChI is InChI=1S/C20H19ClN4O3/c1-27-16-5-2-4-13(12-16)18-23-19(28-24-18)17-6-3-11-25(17)20(26)22-15-9-7-14(21)8-10-15/h2,4-5,7-10,12,17H,3,6,11H2,1H3,(H,22,26)/t17-/m1/s1. The number of ether oxygens (including phenoxy) is 1. The molecule has 0 saturated carbocycles. The van der Waals surface area contributed by atoms with E-state index in [1.807, 2.05) is 24.3 Å². The minimum atomic E-state index is -0.251. The van der Waals surface area contributed by atoms with Gasteiger partial charge >= 0.3 is 6.03 Å². The third-order valence-corrected chi connectivity index (χ3v) is 4.92. The average molecular weight is 399 g/mol. The molecule has 4 rings (SSSR count). The van der Waals surface area contributed by atoms with Crippen molar-refractivity contribution in [3.63, 3.8) is 0 Å². The van der Waals surface area contributed by atoms with Crippen LogP contribution in [0.2, 0.25) is 5.02 Å². The van der Waals surface area contributed by atoms with E-state index in [9.17, 15) is 4.79 Å². The van der Waals surface area contributed by atoms with Crippen LogP contribution in [-0.4, -0.2) is 34.7 Å². The summed E-state index contributed by atoms with van der Waals surface area (Å²) in [5.74, 6) is 1.62. The van der Waals surface area contributed by atoms with E-state index >= 15 is 0 Å². The number of hydrogen-bond donors (Lipinski definition) is 1. The third-order valence-electron chi connectivity index (χ3n) is 4.66. The molecule has 7 nitrogen and oxygen atoms in total. The van der Waals surface area contributed by atoms with E-state index in [0.29, 0.717) is 34.7 Å². The molecule has 3 aromatic rings. The molecule has 0 unspecified atom stereocenters. The monoisotopic (exact) mass is 398 g/mol. The Morgan fingerprint density at radius 2 is 2.11 bits per heavy atom. The number of methoxy groups -OCH3 is 1. The van der Waals surface area contributed by atoms with Gasteiger partial charge in [-0.1, -0.05) is 28.9 Å². The number of rotatable bonds is 4. The van der Waals surface area contributed by atoms with Gasteiger partial charge in [0.25, 0.3) is 0 Å². The molecular weight excluding hydrogens is 380 g/mol. The molecule has 2 amide bonds. The van der Waals surface area contributed by atoms with Crippen LogP contribution in [0.15, 0.2) is 53.1 Å². The zero-order valence-corrected chi connectivity index (χ0v) is 16.0. The Bertz CT molecular complexity index is 974. The Kier molecular flexibility index (Phi) is 5.16. The highest BCUT2D eigenvalue weighted by Crippen LogP contribution is 2.33. The van der Waals surface area contributed by atoms with Crippen molar-refractivity contribution in [1.82, 2.24) is 15.0 Å². The molecule has 1 fully saturated rings. The summed E-state index contributed by atoms with van der Waals surface area (Å²) in [5.41, 5.74) is 1.48. The van der Waals surface area contributed by atoms with E-state index < -0.39 is 0 Å². The first kappa shape index (κ1) is 18.3. The third kappa shape index (κ3) is 3.80. The Morgan fingerprint density at radius 1 is 1.29 bits per heavy atom. The van der Waals surface area contributed by atoms with Gasteiger partial charge in [-0.15, -0.1) is 0 Å². The van der Waals surface area contributed by atoms with E-state index in [1.165, 1.54) is 0 Å². The van der Waals surface area contributed by atoms with Crippen molar-refractivity contribution in [3.8, 4) is 17.1 Å². The minimum absolute atomic E-state index is 0.203. The van der Waals surface area contributed by atoms with Gasteiger partial charge in [-0.2, -0.15) is 4.98 Å². The molecule has 2 aromatic carbocycles. The number of amides is 2. The number of nitrogens with one attached hydrogen (secondary N) is 1. The van der Waals surface area contributed by atoms with E-state index in [4.69, 9.17) is 20.9 Å². The number of aromatic nitrogens is 2. The van der Waals surface area contributed by atoms with Crippen LogP contribution in [0, 0.1) is 0 Å². The maximum atomic E-state index is 12.7. The van der Waals surface area contributed by atoms with Gasteiger partial charge in [0.1, 0.15) is 11.8 Å². The van der Waals surface area contributed by atoms with Gasteiger partial charge < -0.3 is 19.5 Å². The first-order valence-electron chi connectivity index (χ1n) is 8.95.